The molecule has 2 heterocycles. The standard InChI is InChI=1S/C10H16N2O/c1-3-8(11)9-7(2)6-12-4-5-13-10(9)12/h6,8H,3-5,11H2,1-2H3. The van der Waals surface area contributed by atoms with E-state index in [0.717, 1.165) is 25.5 Å². The van der Waals surface area contributed by atoms with Crippen LogP contribution in [-0.2, 0) is 6.54 Å². The fraction of sp³-hybridized carbons (Fsp3) is 0.600. The molecule has 0 spiro atoms. The molecule has 72 valence electrons. The first-order valence-corrected chi connectivity index (χ1v) is 4.82. The van der Waals surface area contributed by atoms with E-state index in [2.05, 4.69) is 24.6 Å². The highest BCUT2D eigenvalue weighted by Gasteiger charge is 2.22. The molecule has 1 aliphatic rings. The Morgan fingerprint density at radius 3 is 3.15 bits per heavy atom. The van der Waals surface area contributed by atoms with Gasteiger partial charge < -0.3 is 15.0 Å². The summed E-state index contributed by atoms with van der Waals surface area (Å²) in [5.74, 6) is 0.992. The predicted molar refractivity (Wildman–Crippen MR) is 51.9 cm³/mol. The average Bonchev–Trinajstić information content (AvgIpc) is 2.62. The molecule has 1 unspecified atom stereocenters. The first-order valence-electron chi connectivity index (χ1n) is 4.82. The Hall–Kier alpha value is -0.960. The minimum Gasteiger partial charge on any atom is -0.477 e. The second-order valence-electron chi connectivity index (χ2n) is 3.59. The van der Waals surface area contributed by atoms with Gasteiger partial charge in [0.05, 0.1) is 6.54 Å². The topological polar surface area (TPSA) is 40.2 Å². The van der Waals surface area contributed by atoms with E-state index in [9.17, 15) is 0 Å². The van der Waals surface area contributed by atoms with E-state index in [0.29, 0.717) is 0 Å². The van der Waals surface area contributed by atoms with Gasteiger partial charge in [0.2, 0.25) is 0 Å². The van der Waals surface area contributed by atoms with Gasteiger partial charge in [0.15, 0.2) is 5.88 Å². The van der Waals surface area contributed by atoms with Crippen LogP contribution in [0.25, 0.3) is 0 Å². The Balaban J connectivity index is 2.43. The van der Waals surface area contributed by atoms with Crippen molar-refractivity contribution in [3.05, 3.63) is 17.3 Å². The molecule has 13 heavy (non-hydrogen) atoms. The third kappa shape index (κ3) is 1.23. The Morgan fingerprint density at radius 2 is 2.46 bits per heavy atom. The number of aromatic nitrogens is 1. The lowest BCUT2D eigenvalue weighted by molar-refractivity contribution is 0.350. The van der Waals surface area contributed by atoms with Crippen molar-refractivity contribution in [3.8, 4) is 5.88 Å². The second-order valence-corrected chi connectivity index (χ2v) is 3.59. The Kier molecular flexibility index (Phi) is 2.04. The predicted octanol–water partition coefficient (Wildman–Crippen LogP) is 1.60. The fourth-order valence-electron chi connectivity index (χ4n) is 1.91. The van der Waals surface area contributed by atoms with E-state index >= 15 is 0 Å². The van der Waals surface area contributed by atoms with Crippen molar-refractivity contribution in [1.82, 2.24) is 4.57 Å². The van der Waals surface area contributed by atoms with Crippen molar-refractivity contribution in [3.63, 3.8) is 0 Å². The van der Waals surface area contributed by atoms with Crippen LogP contribution in [0.15, 0.2) is 6.20 Å². The van der Waals surface area contributed by atoms with Crippen LogP contribution in [0.5, 0.6) is 5.88 Å². The molecule has 3 heteroatoms. The smallest absolute Gasteiger partial charge is 0.198 e. The fourth-order valence-corrected chi connectivity index (χ4v) is 1.91. The van der Waals surface area contributed by atoms with E-state index in [-0.39, 0.29) is 6.04 Å². The zero-order valence-corrected chi connectivity index (χ0v) is 8.21. The summed E-state index contributed by atoms with van der Waals surface area (Å²) < 4.78 is 7.71. The van der Waals surface area contributed by atoms with Crippen molar-refractivity contribution in [2.45, 2.75) is 32.9 Å². The molecule has 0 fully saturated rings. The number of hydrogen-bond donors (Lipinski definition) is 1. The molecule has 0 aromatic carbocycles. The minimum atomic E-state index is 0.120. The number of nitrogens with zero attached hydrogens (tertiary/aromatic N) is 1. The van der Waals surface area contributed by atoms with Crippen molar-refractivity contribution >= 4 is 0 Å². The minimum absolute atomic E-state index is 0.120. The van der Waals surface area contributed by atoms with Gasteiger partial charge in [-0.3, -0.25) is 0 Å². The second kappa shape index (κ2) is 3.07. The van der Waals surface area contributed by atoms with Crippen LogP contribution in [0.2, 0.25) is 0 Å². The van der Waals surface area contributed by atoms with Crippen molar-refractivity contribution in [1.29, 1.82) is 0 Å². The molecule has 0 bridgehead atoms. The number of aryl methyl sites for hydroxylation is 1. The van der Waals surface area contributed by atoms with Crippen LogP contribution in [0, 0.1) is 6.92 Å². The zero-order chi connectivity index (χ0) is 9.42. The van der Waals surface area contributed by atoms with E-state index in [1.54, 1.807) is 0 Å². The van der Waals surface area contributed by atoms with Crippen molar-refractivity contribution < 1.29 is 4.74 Å². The Bertz CT molecular complexity index is 317. The number of nitrogens with two attached hydrogens (primary N) is 1. The maximum Gasteiger partial charge on any atom is 0.198 e. The highest BCUT2D eigenvalue weighted by molar-refractivity contribution is 5.40. The number of ether oxygens (including phenoxy) is 1. The average molecular weight is 180 g/mol. The third-order valence-electron chi connectivity index (χ3n) is 2.65. The summed E-state index contributed by atoms with van der Waals surface area (Å²) in [4.78, 5) is 0. The molecular weight excluding hydrogens is 164 g/mol. The van der Waals surface area contributed by atoms with Crippen LogP contribution in [0.3, 0.4) is 0 Å². The van der Waals surface area contributed by atoms with Gasteiger partial charge in [-0.15, -0.1) is 0 Å². The molecule has 0 saturated heterocycles. The summed E-state index contributed by atoms with van der Waals surface area (Å²) in [5.41, 5.74) is 8.47. The molecule has 1 atom stereocenters. The lowest BCUT2D eigenvalue weighted by Crippen LogP contribution is -2.10. The Labute approximate surface area is 78.5 Å². The molecule has 1 aromatic heterocycles. The molecule has 2 rings (SSSR count). The van der Waals surface area contributed by atoms with Gasteiger partial charge in [-0.05, 0) is 18.9 Å². The maximum absolute atomic E-state index is 6.02. The van der Waals surface area contributed by atoms with Gasteiger partial charge in [0.25, 0.3) is 0 Å². The highest BCUT2D eigenvalue weighted by atomic mass is 16.5. The van der Waals surface area contributed by atoms with E-state index < -0.39 is 0 Å². The molecule has 2 N–H and O–H groups in total. The largest absolute Gasteiger partial charge is 0.477 e. The molecule has 1 aromatic rings. The van der Waals surface area contributed by atoms with Crippen LogP contribution >= 0.6 is 0 Å². The zero-order valence-electron chi connectivity index (χ0n) is 8.21. The first-order chi connectivity index (χ1) is 6.24. The molecule has 0 amide bonds. The normalized spacial score (nSPS) is 16.8. The maximum atomic E-state index is 6.02. The van der Waals surface area contributed by atoms with Crippen LogP contribution in [0.1, 0.15) is 30.5 Å². The summed E-state index contributed by atoms with van der Waals surface area (Å²) in [7, 11) is 0. The number of rotatable bonds is 2. The summed E-state index contributed by atoms with van der Waals surface area (Å²) in [6, 6.07) is 0.120. The summed E-state index contributed by atoms with van der Waals surface area (Å²) in [6.07, 6.45) is 3.09. The third-order valence-corrected chi connectivity index (χ3v) is 2.65. The van der Waals surface area contributed by atoms with E-state index in [4.69, 9.17) is 10.5 Å². The van der Waals surface area contributed by atoms with Gasteiger partial charge in [0, 0.05) is 17.8 Å². The molecular formula is C10H16N2O. The molecule has 3 nitrogen and oxygen atoms in total. The SMILES string of the molecule is CCC(N)c1c(C)cn2c1OCC2. The molecule has 1 aliphatic heterocycles. The number of fused-ring (bicyclic) bond motifs is 1. The summed E-state index contributed by atoms with van der Waals surface area (Å²) >= 11 is 0. The van der Waals surface area contributed by atoms with Gasteiger partial charge in [-0.1, -0.05) is 6.92 Å². The monoisotopic (exact) mass is 180 g/mol. The van der Waals surface area contributed by atoms with E-state index in [1.807, 2.05) is 0 Å². The van der Waals surface area contributed by atoms with Gasteiger partial charge >= 0.3 is 0 Å². The van der Waals surface area contributed by atoms with Crippen molar-refractivity contribution in [2.24, 2.45) is 5.73 Å². The van der Waals surface area contributed by atoms with Gasteiger partial charge in [-0.25, -0.2) is 0 Å². The summed E-state index contributed by atoms with van der Waals surface area (Å²) in [5, 5.41) is 0. The number of hydrogen-bond acceptors (Lipinski definition) is 2. The summed E-state index contributed by atoms with van der Waals surface area (Å²) in [6.45, 7) is 5.95. The van der Waals surface area contributed by atoms with Gasteiger partial charge in [-0.2, -0.15) is 0 Å². The van der Waals surface area contributed by atoms with Crippen LogP contribution < -0.4 is 10.5 Å². The first kappa shape index (κ1) is 8.63. The van der Waals surface area contributed by atoms with Crippen LogP contribution in [-0.4, -0.2) is 11.2 Å². The lowest BCUT2D eigenvalue weighted by Gasteiger charge is -2.10. The lowest BCUT2D eigenvalue weighted by atomic mass is 10.1. The van der Waals surface area contributed by atoms with Crippen molar-refractivity contribution in [2.75, 3.05) is 6.61 Å². The quantitative estimate of drug-likeness (QED) is 0.751. The van der Waals surface area contributed by atoms with Crippen LogP contribution in [0.4, 0.5) is 0 Å². The van der Waals surface area contributed by atoms with E-state index in [1.165, 1.54) is 11.1 Å². The Morgan fingerprint density at radius 1 is 1.69 bits per heavy atom. The molecule has 0 aliphatic carbocycles. The van der Waals surface area contributed by atoms with Gasteiger partial charge in [0.1, 0.15) is 6.61 Å². The highest BCUT2D eigenvalue weighted by Crippen LogP contribution is 2.33. The molecule has 0 radical (unpaired) electrons. The molecule has 0 saturated carbocycles.